The van der Waals surface area contributed by atoms with Crippen LogP contribution in [0.1, 0.15) is 41.7 Å². The van der Waals surface area contributed by atoms with Crippen LogP contribution >= 0.6 is 24.8 Å². The van der Waals surface area contributed by atoms with Crippen LogP contribution in [0.4, 0.5) is 5.69 Å². The van der Waals surface area contributed by atoms with Crippen LogP contribution < -0.4 is 21.1 Å². The van der Waals surface area contributed by atoms with Crippen LogP contribution in [0.15, 0.2) is 36.5 Å². The van der Waals surface area contributed by atoms with Gasteiger partial charge in [-0.1, -0.05) is 12.5 Å². The molecule has 30 heavy (non-hydrogen) atoms. The van der Waals surface area contributed by atoms with Crippen molar-refractivity contribution >= 4 is 42.3 Å². The number of hydrogen-bond acceptors (Lipinski definition) is 5. The molecule has 1 aliphatic carbocycles. The summed E-state index contributed by atoms with van der Waals surface area (Å²) in [7, 11) is 1.55. The van der Waals surface area contributed by atoms with Gasteiger partial charge in [-0.05, 0) is 43.4 Å². The van der Waals surface area contributed by atoms with Crippen LogP contribution in [0.25, 0.3) is 0 Å². The van der Waals surface area contributed by atoms with E-state index in [-0.39, 0.29) is 54.3 Å². The SMILES string of the molecule is CNC(=O)c1cc(Oc2cc(NC(=O)C[C@@H]3CCC[C@H]3N)ccc2C)ccn1.Cl.Cl. The summed E-state index contributed by atoms with van der Waals surface area (Å²) in [5.41, 5.74) is 7.91. The zero-order valence-electron chi connectivity index (χ0n) is 17.0. The number of rotatable bonds is 6. The van der Waals surface area contributed by atoms with Gasteiger partial charge in [-0.3, -0.25) is 14.6 Å². The normalized spacial score (nSPS) is 17.3. The highest BCUT2D eigenvalue weighted by Crippen LogP contribution is 2.30. The Labute approximate surface area is 189 Å². The zero-order valence-corrected chi connectivity index (χ0v) is 18.6. The number of pyridine rings is 1. The van der Waals surface area contributed by atoms with Gasteiger partial charge in [0.05, 0.1) is 0 Å². The first-order valence-electron chi connectivity index (χ1n) is 9.48. The topological polar surface area (TPSA) is 106 Å². The minimum Gasteiger partial charge on any atom is -0.457 e. The van der Waals surface area contributed by atoms with Crippen molar-refractivity contribution in [1.82, 2.24) is 10.3 Å². The summed E-state index contributed by atoms with van der Waals surface area (Å²) < 4.78 is 5.93. The van der Waals surface area contributed by atoms with Crippen molar-refractivity contribution in [3.8, 4) is 11.5 Å². The van der Waals surface area contributed by atoms with E-state index in [1.165, 1.54) is 6.20 Å². The standard InChI is InChI=1S/C21H26N4O3.2ClH/c1-13-6-7-15(25-20(26)10-14-4-3-5-17(14)22)11-19(13)28-16-8-9-24-18(12-16)21(27)23-2;;/h6-9,11-12,14,17H,3-5,10,22H2,1-2H3,(H,23,27)(H,25,26);2*1H/t14-,17+;;/m0../s1. The molecular formula is C21H28Cl2N4O3. The van der Waals surface area contributed by atoms with Gasteiger partial charge >= 0.3 is 0 Å². The monoisotopic (exact) mass is 454 g/mol. The number of aromatic nitrogens is 1. The molecule has 1 aliphatic rings. The maximum absolute atomic E-state index is 12.4. The number of halogens is 2. The second-order valence-corrected chi connectivity index (χ2v) is 7.15. The molecule has 0 unspecified atom stereocenters. The minimum atomic E-state index is -0.284. The van der Waals surface area contributed by atoms with E-state index in [9.17, 15) is 9.59 Å². The van der Waals surface area contributed by atoms with Gasteiger partial charge in [0.25, 0.3) is 5.91 Å². The Hall–Kier alpha value is -2.35. The fourth-order valence-corrected chi connectivity index (χ4v) is 3.41. The Morgan fingerprint density at radius 1 is 1.20 bits per heavy atom. The number of amides is 2. The Kier molecular flexibility index (Phi) is 10.0. The second-order valence-electron chi connectivity index (χ2n) is 7.15. The van der Waals surface area contributed by atoms with Crippen molar-refractivity contribution in [1.29, 1.82) is 0 Å². The molecule has 164 valence electrons. The second kappa shape index (κ2) is 11.7. The van der Waals surface area contributed by atoms with Crippen LogP contribution in [-0.2, 0) is 4.79 Å². The van der Waals surface area contributed by atoms with Crippen molar-refractivity contribution < 1.29 is 14.3 Å². The number of carbonyl (C=O) groups excluding carboxylic acids is 2. The molecule has 1 saturated carbocycles. The lowest BCUT2D eigenvalue weighted by Gasteiger charge is -2.16. The third-order valence-corrected chi connectivity index (χ3v) is 5.06. The number of nitrogens with zero attached hydrogens (tertiary/aromatic N) is 1. The van der Waals surface area contributed by atoms with Gasteiger partial charge < -0.3 is 21.1 Å². The van der Waals surface area contributed by atoms with Gasteiger partial charge in [-0.25, -0.2) is 0 Å². The van der Waals surface area contributed by atoms with Gasteiger partial charge in [0.2, 0.25) is 5.91 Å². The number of nitrogens with one attached hydrogen (secondary N) is 2. The molecule has 0 bridgehead atoms. The first kappa shape index (κ1) is 25.7. The summed E-state index contributed by atoms with van der Waals surface area (Å²) in [5.74, 6) is 1.03. The molecule has 1 aromatic carbocycles. The molecule has 0 spiro atoms. The predicted molar refractivity (Wildman–Crippen MR) is 122 cm³/mol. The van der Waals surface area contributed by atoms with Crippen molar-refractivity contribution in [2.24, 2.45) is 11.7 Å². The number of carbonyl (C=O) groups is 2. The van der Waals surface area contributed by atoms with E-state index in [0.717, 1.165) is 24.8 Å². The summed E-state index contributed by atoms with van der Waals surface area (Å²) in [4.78, 5) is 28.1. The predicted octanol–water partition coefficient (Wildman–Crippen LogP) is 3.84. The van der Waals surface area contributed by atoms with E-state index in [0.29, 0.717) is 23.6 Å². The van der Waals surface area contributed by atoms with E-state index in [4.69, 9.17) is 10.5 Å². The molecular weight excluding hydrogens is 427 g/mol. The third-order valence-electron chi connectivity index (χ3n) is 5.06. The molecule has 3 rings (SSSR count). The average molecular weight is 455 g/mol. The van der Waals surface area contributed by atoms with E-state index < -0.39 is 0 Å². The summed E-state index contributed by atoms with van der Waals surface area (Å²) >= 11 is 0. The molecule has 2 atom stereocenters. The summed E-state index contributed by atoms with van der Waals surface area (Å²) in [5, 5.41) is 5.46. The van der Waals surface area contributed by atoms with Gasteiger partial charge in [-0.2, -0.15) is 0 Å². The van der Waals surface area contributed by atoms with Crippen LogP contribution in [-0.4, -0.2) is 29.9 Å². The van der Waals surface area contributed by atoms with E-state index in [1.54, 1.807) is 25.2 Å². The summed E-state index contributed by atoms with van der Waals surface area (Å²) in [6, 6.07) is 8.87. The largest absolute Gasteiger partial charge is 0.457 e. The molecule has 4 N–H and O–H groups in total. The van der Waals surface area contributed by atoms with Crippen molar-refractivity contribution in [3.05, 3.63) is 47.8 Å². The smallest absolute Gasteiger partial charge is 0.269 e. The van der Waals surface area contributed by atoms with Gasteiger partial charge in [0, 0.05) is 43.5 Å². The van der Waals surface area contributed by atoms with Crippen molar-refractivity contribution in [2.75, 3.05) is 12.4 Å². The van der Waals surface area contributed by atoms with Crippen LogP contribution in [0.5, 0.6) is 11.5 Å². The molecule has 7 nitrogen and oxygen atoms in total. The maximum atomic E-state index is 12.4. The van der Waals surface area contributed by atoms with Crippen LogP contribution in [0.2, 0.25) is 0 Å². The van der Waals surface area contributed by atoms with E-state index in [2.05, 4.69) is 15.6 Å². The Balaban J connectivity index is 0.00000225. The Morgan fingerprint density at radius 2 is 1.97 bits per heavy atom. The number of ether oxygens (including phenoxy) is 1. The van der Waals surface area contributed by atoms with Gasteiger partial charge in [-0.15, -0.1) is 24.8 Å². The van der Waals surface area contributed by atoms with Crippen LogP contribution in [0, 0.1) is 12.8 Å². The fraction of sp³-hybridized carbons (Fsp3) is 0.381. The highest BCUT2D eigenvalue weighted by atomic mass is 35.5. The molecule has 2 aromatic rings. The van der Waals surface area contributed by atoms with E-state index in [1.807, 2.05) is 19.1 Å². The molecule has 2 amide bonds. The average Bonchev–Trinajstić information content (AvgIpc) is 3.08. The highest BCUT2D eigenvalue weighted by molar-refractivity contribution is 5.92. The first-order valence-corrected chi connectivity index (χ1v) is 9.48. The van der Waals surface area contributed by atoms with E-state index >= 15 is 0 Å². The van der Waals surface area contributed by atoms with Crippen molar-refractivity contribution in [3.63, 3.8) is 0 Å². The summed E-state index contributed by atoms with van der Waals surface area (Å²) in [6.45, 7) is 1.92. The Morgan fingerprint density at radius 3 is 2.63 bits per heavy atom. The molecule has 0 saturated heterocycles. The van der Waals surface area contributed by atoms with Crippen LogP contribution in [0.3, 0.4) is 0 Å². The molecule has 1 fully saturated rings. The molecule has 9 heteroatoms. The minimum absolute atomic E-state index is 0. The number of benzene rings is 1. The summed E-state index contributed by atoms with van der Waals surface area (Å²) in [6.07, 6.45) is 5.04. The molecule has 1 aromatic heterocycles. The number of anilines is 1. The maximum Gasteiger partial charge on any atom is 0.269 e. The fourth-order valence-electron chi connectivity index (χ4n) is 3.41. The van der Waals surface area contributed by atoms with Crippen molar-refractivity contribution in [2.45, 2.75) is 38.6 Å². The quantitative estimate of drug-likeness (QED) is 0.614. The lowest BCUT2D eigenvalue weighted by molar-refractivity contribution is -0.117. The first-order chi connectivity index (χ1) is 13.5. The lowest BCUT2D eigenvalue weighted by Crippen LogP contribution is -2.28. The number of aryl methyl sites for hydroxylation is 1. The molecule has 0 radical (unpaired) electrons. The number of hydrogen-bond donors (Lipinski definition) is 3. The zero-order chi connectivity index (χ0) is 20.1. The molecule has 1 heterocycles. The highest BCUT2D eigenvalue weighted by Gasteiger charge is 2.26. The van der Waals surface area contributed by atoms with Gasteiger partial charge in [0.15, 0.2) is 0 Å². The lowest BCUT2D eigenvalue weighted by atomic mass is 10.00. The molecule has 0 aliphatic heterocycles. The number of nitrogens with two attached hydrogens (primary N) is 1. The van der Waals surface area contributed by atoms with Gasteiger partial charge in [0.1, 0.15) is 17.2 Å². The Bertz CT molecular complexity index is 879. The third kappa shape index (κ3) is 6.58.